The van der Waals surface area contributed by atoms with Crippen molar-refractivity contribution in [1.82, 2.24) is 4.98 Å². The molecule has 1 aliphatic carbocycles. The molecule has 20 heavy (non-hydrogen) atoms. The number of nitrogens with one attached hydrogen (secondary N) is 1. The molecule has 0 radical (unpaired) electrons. The number of benzene rings is 1. The van der Waals surface area contributed by atoms with Crippen molar-refractivity contribution in [3.05, 3.63) is 40.9 Å². The van der Waals surface area contributed by atoms with Crippen LogP contribution in [0.25, 0.3) is 0 Å². The predicted molar refractivity (Wildman–Crippen MR) is 79.5 cm³/mol. The number of aromatic nitrogens is 1. The second-order valence-electron chi connectivity index (χ2n) is 4.66. The number of para-hydroxylation sites is 1. The minimum atomic E-state index is -0.187. The van der Waals surface area contributed by atoms with E-state index in [1.165, 1.54) is 4.88 Å². The zero-order valence-corrected chi connectivity index (χ0v) is 12.1. The molecule has 1 N–H and O–H groups in total. The van der Waals surface area contributed by atoms with Crippen LogP contribution in [-0.2, 0) is 16.0 Å². The number of ether oxygens (including phenoxy) is 1. The fourth-order valence-electron chi connectivity index (χ4n) is 2.40. The highest BCUT2D eigenvalue weighted by Gasteiger charge is 2.33. The Morgan fingerprint density at radius 3 is 3.00 bits per heavy atom. The molecule has 5 heteroatoms. The molecule has 4 nitrogen and oxygen atoms in total. The number of anilines is 2. The molecule has 0 bridgehead atoms. The van der Waals surface area contributed by atoms with E-state index in [1.54, 1.807) is 11.3 Å². The lowest BCUT2D eigenvalue weighted by molar-refractivity contribution is -0.145. The maximum Gasteiger partial charge on any atom is 0.315 e. The van der Waals surface area contributed by atoms with Gasteiger partial charge in [-0.1, -0.05) is 18.2 Å². The summed E-state index contributed by atoms with van der Waals surface area (Å²) in [5.74, 6) is -0.338. The Morgan fingerprint density at radius 2 is 2.25 bits per heavy atom. The van der Waals surface area contributed by atoms with Gasteiger partial charge in [0.2, 0.25) is 0 Å². The zero-order valence-electron chi connectivity index (χ0n) is 11.3. The summed E-state index contributed by atoms with van der Waals surface area (Å²) < 4.78 is 5.12. The molecule has 1 heterocycles. The van der Waals surface area contributed by atoms with Crippen LogP contribution in [0.5, 0.6) is 0 Å². The van der Waals surface area contributed by atoms with Crippen LogP contribution in [0.1, 0.15) is 29.8 Å². The molecule has 1 aliphatic rings. The van der Waals surface area contributed by atoms with Crippen molar-refractivity contribution < 1.29 is 9.53 Å². The standard InChI is InChI=1S/C15H16N2O2S/c1-2-19-14(18)11-8-9-12-13(11)17-15(20-12)16-10-6-4-3-5-7-10/h3-7,11H,2,8-9H2,1H3,(H,16,17). The number of rotatable bonds is 4. The van der Waals surface area contributed by atoms with E-state index >= 15 is 0 Å². The minimum Gasteiger partial charge on any atom is -0.465 e. The Kier molecular flexibility index (Phi) is 3.69. The van der Waals surface area contributed by atoms with Gasteiger partial charge in [-0.2, -0.15) is 0 Å². The van der Waals surface area contributed by atoms with Crippen LogP contribution < -0.4 is 5.32 Å². The number of hydrogen-bond donors (Lipinski definition) is 1. The second kappa shape index (κ2) is 5.63. The third kappa shape index (κ3) is 2.54. The van der Waals surface area contributed by atoms with E-state index in [0.717, 1.165) is 29.4 Å². The lowest BCUT2D eigenvalue weighted by atomic mass is 10.1. The van der Waals surface area contributed by atoms with E-state index in [0.29, 0.717) is 6.61 Å². The normalized spacial score (nSPS) is 16.8. The van der Waals surface area contributed by atoms with Crippen molar-refractivity contribution in [2.75, 3.05) is 11.9 Å². The van der Waals surface area contributed by atoms with E-state index in [4.69, 9.17) is 4.74 Å². The molecule has 0 saturated carbocycles. The molecule has 2 aromatic rings. The van der Waals surface area contributed by atoms with Gasteiger partial charge in [0.05, 0.1) is 12.3 Å². The topological polar surface area (TPSA) is 51.2 Å². The molecule has 0 fully saturated rings. The molecule has 1 aromatic heterocycles. The van der Waals surface area contributed by atoms with E-state index in [-0.39, 0.29) is 11.9 Å². The summed E-state index contributed by atoms with van der Waals surface area (Å²) in [5.41, 5.74) is 1.90. The van der Waals surface area contributed by atoms with Gasteiger partial charge < -0.3 is 10.1 Å². The maximum absolute atomic E-state index is 11.9. The van der Waals surface area contributed by atoms with Crippen molar-refractivity contribution in [3.63, 3.8) is 0 Å². The number of carbonyl (C=O) groups excluding carboxylic acids is 1. The average Bonchev–Trinajstić information content (AvgIpc) is 2.99. The molecule has 0 aliphatic heterocycles. The van der Waals surface area contributed by atoms with Gasteiger partial charge in [-0.3, -0.25) is 4.79 Å². The number of nitrogens with zero attached hydrogens (tertiary/aromatic N) is 1. The van der Waals surface area contributed by atoms with Crippen molar-refractivity contribution in [1.29, 1.82) is 0 Å². The fraction of sp³-hybridized carbons (Fsp3) is 0.333. The molecule has 1 aromatic carbocycles. The number of carbonyl (C=O) groups is 1. The van der Waals surface area contributed by atoms with Crippen molar-refractivity contribution in [2.45, 2.75) is 25.7 Å². The number of thiazole rings is 1. The van der Waals surface area contributed by atoms with Crippen molar-refractivity contribution in [3.8, 4) is 0 Å². The summed E-state index contributed by atoms with van der Waals surface area (Å²) in [6, 6.07) is 9.92. The van der Waals surface area contributed by atoms with Gasteiger partial charge in [-0.05, 0) is 31.9 Å². The molecule has 1 atom stereocenters. The van der Waals surface area contributed by atoms with Crippen LogP contribution >= 0.6 is 11.3 Å². The highest BCUT2D eigenvalue weighted by molar-refractivity contribution is 7.15. The second-order valence-corrected chi connectivity index (χ2v) is 5.75. The largest absolute Gasteiger partial charge is 0.465 e. The molecule has 3 rings (SSSR count). The Labute approximate surface area is 121 Å². The van der Waals surface area contributed by atoms with Crippen LogP contribution in [0, 0.1) is 0 Å². The molecule has 0 saturated heterocycles. The first-order valence-electron chi connectivity index (χ1n) is 6.76. The average molecular weight is 288 g/mol. The first kappa shape index (κ1) is 13.1. The zero-order chi connectivity index (χ0) is 13.9. The van der Waals surface area contributed by atoms with Gasteiger partial charge in [0.1, 0.15) is 5.92 Å². The predicted octanol–water partition coefficient (Wildman–Crippen LogP) is 3.48. The van der Waals surface area contributed by atoms with Crippen LogP contribution in [0.2, 0.25) is 0 Å². The molecule has 0 spiro atoms. The monoisotopic (exact) mass is 288 g/mol. The SMILES string of the molecule is CCOC(=O)C1CCc2sc(Nc3ccccc3)nc21. The van der Waals surface area contributed by atoms with Gasteiger partial charge in [-0.15, -0.1) is 11.3 Å². The number of hydrogen-bond acceptors (Lipinski definition) is 5. The van der Waals surface area contributed by atoms with Crippen molar-refractivity contribution in [2.24, 2.45) is 0 Å². The van der Waals surface area contributed by atoms with Crippen LogP contribution in [0.15, 0.2) is 30.3 Å². The highest BCUT2D eigenvalue weighted by Crippen LogP contribution is 2.39. The summed E-state index contributed by atoms with van der Waals surface area (Å²) in [6.45, 7) is 2.25. The van der Waals surface area contributed by atoms with E-state index < -0.39 is 0 Å². The minimum absolute atomic E-state index is 0.150. The van der Waals surface area contributed by atoms with E-state index in [9.17, 15) is 4.79 Å². The quantitative estimate of drug-likeness (QED) is 0.875. The lowest BCUT2D eigenvalue weighted by Gasteiger charge is -2.08. The van der Waals surface area contributed by atoms with Gasteiger partial charge in [-0.25, -0.2) is 4.98 Å². The van der Waals surface area contributed by atoms with Gasteiger partial charge >= 0.3 is 5.97 Å². The first-order valence-corrected chi connectivity index (χ1v) is 7.58. The summed E-state index contributed by atoms with van der Waals surface area (Å²) in [6.07, 6.45) is 1.73. The highest BCUT2D eigenvalue weighted by atomic mass is 32.1. The Balaban J connectivity index is 1.78. The third-order valence-corrected chi connectivity index (χ3v) is 4.36. The van der Waals surface area contributed by atoms with Crippen LogP contribution in [0.4, 0.5) is 10.8 Å². The van der Waals surface area contributed by atoms with Crippen LogP contribution in [-0.4, -0.2) is 17.6 Å². The van der Waals surface area contributed by atoms with E-state index in [1.807, 2.05) is 37.3 Å². The van der Waals surface area contributed by atoms with Gasteiger partial charge in [0.25, 0.3) is 0 Å². The summed E-state index contributed by atoms with van der Waals surface area (Å²) in [7, 11) is 0. The molecular weight excluding hydrogens is 272 g/mol. The molecule has 0 amide bonds. The number of aryl methyl sites for hydroxylation is 1. The number of esters is 1. The first-order chi connectivity index (χ1) is 9.78. The molecule has 1 unspecified atom stereocenters. The fourth-order valence-corrected chi connectivity index (χ4v) is 3.46. The molecular formula is C15H16N2O2S. The van der Waals surface area contributed by atoms with E-state index in [2.05, 4.69) is 10.3 Å². The van der Waals surface area contributed by atoms with Gasteiger partial charge in [0.15, 0.2) is 5.13 Å². The lowest BCUT2D eigenvalue weighted by Crippen LogP contribution is -2.14. The van der Waals surface area contributed by atoms with Crippen molar-refractivity contribution >= 4 is 28.1 Å². The third-order valence-electron chi connectivity index (χ3n) is 3.31. The van der Waals surface area contributed by atoms with Crippen LogP contribution in [0.3, 0.4) is 0 Å². The van der Waals surface area contributed by atoms with Gasteiger partial charge in [0, 0.05) is 10.6 Å². The Hall–Kier alpha value is -1.88. The Morgan fingerprint density at radius 1 is 1.45 bits per heavy atom. The number of fused-ring (bicyclic) bond motifs is 1. The summed E-state index contributed by atoms with van der Waals surface area (Å²) >= 11 is 1.63. The molecule has 104 valence electrons. The summed E-state index contributed by atoms with van der Waals surface area (Å²) in [5, 5.41) is 4.12. The Bertz CT molecular complexity index is 610. The summed E-state index contributed by atoms with van der Waals surface area (Å²) in [4.78, 5) is 17.7. The maximum atomic E-state index is 11.9. The smallest absolute Gasteiger partial charge is 0.315 e.